The molecule has 0 saturated heterocycles. The highest BCUT2D eigenvalue weighted by Crippen LogP contribution is 2.47. The van der Waals surface area contributed by atoms with Crippen LogP contribution < -0.4 is 29.4 Å². The Kier molecular flexibility index (Phi) is 21.2. The van der Waals surface area contributed by atoms with Crippen LogP contribution in [0.25, 0.3) is 66.8 Å². The Morgan fingerprint density at radius 2 is 0.598 bits per heavy atom. The molecule has 12 aliphatic rings. The van der Waals surface area contributed by atoms with E-state index in [1.165, 1.54) is 90.3 Å². The van der Waals surface area contributed by atoms with Crippen LogP contribution in [0.5, 0.6) is 0 Å². The van der Waals surface area contributed by atoms with Crippen molar-refractivity contribution in [2.45, 2.75) is 122 Å². The molecule has 6 aromatic carbocycles. The van der Waals surface area contributed by atoms with E-state index in [-0.39, 0.29) is 41.3 Å². The average Bonchev–Trinajstić information content (AvgIpc) is 1.59. The fourth-order valence-corrected chi connectivity index (χ4v) is 20.0. The number of nitrogens with zero attached hydrogens (tertiary/aromatic N) is 14. The number of halogens is 3. The third-order valence-corrected chi connectivity index (χ3v) is 25.8. The number of anilines is 6. The molecule has 0 atom stereocenters. The largest absolute Gasteiger partial charge is 0.312 e. The third-order valence-electron chi connectivity index (χ3n) is 25.3. The summed E-state index contributed by atoms with van der Waals surface area (Å²) in [7, 11) is 0. The molecule has 24 rings (SSSR count). The van der Waals surface area contributed by atoms with Crippen molar-refractivity contribution in [3.63, 3.8) is 0 Å². The molecule has 0 saturated carbocycles. The predicted octanol–water partition coefficient (Wildman–Crippen LogP) is 17.0. The van der Waals surface area contributed by atoms with Gasteiger partial charge in [0.15, 0.2) is 0 Å². The molecular weight excluding hydrogens is 1570 g/mol. The Hall–Kier alpha value is -13.5. The van der Waals surface area contributed by atoms with Gasteiger partial charge in [0.05, 0.1) is 61.4 Å². The first kappa shape index (κ1) is 78.4. The van der Waals surface area contributed by atoms with Crippen molar-refractivity contribution in [1.82, 2.24) is 29.9 Å². The zero-order valence-corrected chi connectivity index (χ0v) is 68.6. The van der Waals surface area contributed by atoms with E-state index in [1.807, 2.05) is 84.4 Å². The zero-order valence-electron chi connectivity index (χ0n) is 67.1. The minimum Gasteiger partial charge on any atom is -0.312 e. The molecule has 0 unspecified atom stereocenters. The number of carbonyl (C=O) groups excluding carboxylic acids is 6. The molecule has 0 fully saturated rings. The van der Waals surface area contributed by atoms with Gasteiger partial charge in [-0.25, -0.2) is 4.39 Å². The summed E-state index contributed by atoms with van der Waals surface area (Å²) in [6.45, 7) is 6.91. The van der Waals surface area contributed by atoms with Crippen molar-refractivity contribution in [2.75, 3.05) is 68.7 Å². The van der Waals surface area contributed by atoms with Crippen LogP contribution in [0, 0.1) is 35.4 Å². The number of hydrogen-bond acceptors (Lipinski definition) is 14. The molecule has 0 radical (unpaired) electrons. The van der Waals surface area contributed by atoms with Gasteiger partial charge in [0.1, 0.15) is 11.9 Å². The molecule has 0 aliphatic carbocycles. The van der Waals surface area contributed by atoms with Gasteiger partial charge >= 0.3 is 0 Å². The van der Waals surface area contributed by atoms with Gasteiger partial charge < -0.3 is 29.4 Å². The van der Waals surface area contributed by atoms with Gasteiger partial charge in [-0.15, -0.1) is 0 Å². The molecule has 23 heteroatoms. The fraction of sp³-hybridized carbons (Fsp3) is 0.253. The summed E-state index contributed by atoms with van der Waals surface area (Å²) in [6.07, 6.45) is 34.4. The lowest BCUT2D eigenvalue weighted by Gasteiger charge is -2.26. The fourth-order valence-electron chi connectivity index (χ4n) is 19.6. The lowest BCUT2D eigenvalue weighted by atomic mass is 9.93. The number of nitriles is 2. The van der Waals surface area contributed by atoms with Gasteiger partial charge in [0.25, 0.3) is 0 Å². The summed E-state index contributed by atoms with van der Waals surface area (Å²) in [5, 5.41) is 19.6. The normalized spacial score (nSPS) is 16.2. The van der Waals surface area contributed by atoms with Crippen molar-refractivity contribution in [3.8, 4) is 78.9 Å². The molecule has 12 aromatic rings. The van der Waals surface area contributed by atoms with E-state index < -0.39 is 0 Å². The number of benzene rings is 6. The Labute approximate surface area is 714 Å². The number of aryl methyl sites for hydroxylation is 7. The molecule has 18 heterocycles. The highest BCUT2D eigenvalue weighted by atomic mass is 35.5. The molecule has 0 bridgehead atoms. The van der Waals surface area contributed by atoms with Crippen LogP contribution in [0.4, 0.5) is 38.5 Å². The minimum atomic E-state index is -0.256. The molecule has 6 amide bonds. The van der Waals surface area contributed by atoms with Crippen molar-refractivity contribution in [1.29, 1.82) is 10.5 Å². The Bertz CT molecular complexity index is 6220. The number of carbonyl (C=O) groups is 6. The number of hydrogen-bond donors (Lipinski definition) is 0. The summed E-state index contributed by atoms with van der Waals surface area (Å²) in [5.74, 6) is 1.21. The summed E-state index contributed by atoms with van der Waals surface area (Å²) >= 11 is 12.3. The van der Waals surface area contributed by atoms with E-state index in [1.54, 1.807) is 55.6 Å². The van der Waals surface area contributed by atoms with Gasteiger partial charge in [0.2, 0.25) is 35.4 Å². The van der Waals surface area contributed by atoms with Gasteiger partial charge in [-0.3, -0.25) is 58.7 Å². The molecule has 12 aliphatic heterocycles. The SMILES string of the molecule is Cc1ccncc1-c1cc2c3c(c1)CCN3C(=O)CC2.N#Cc1ccncc1-c1cc2c3c(c1)CCN3C(=O)CC2.N#Cc1cncc(-c2cc3c4c(c2)CCN4C(=O)CC3)c1.O=C1CCc2cc(-c3cncc(Cl)c3)cc3c2N1CC3.O=C1CCc2cc(-c3cnccc3Cl)cc3c2N1CC3.O=C1CCc2cc(-c3cnccc3F)cc3c2N1CC3. The van der Waals surface area contributed by atoms with Gasteiger partial charge in [-0.05, 0) is 299 Å². The summed E-state index contributed by atoms with van der Waals surface area (Å²) in [4.78, 5) is 108. The predicted molar refractivity (Wildman–Crippen MR) is 468 cm³/mol. The zero-order chi connectivity index (χ0) is 83.6. The average molecular weight is 1650 g/mol. The van der Waals surface area contributed by atoms with E-state index in [4.69, 9.17) is 28.5 Å². The van der Waals surface area contributed by atoms with Crippen LogP contribution in [0.15, 0.2) is 184 Å². The summed E-state index contributed by atoms with van der Waals surface area (Å²) in [5.41, 5.74) is 36.1. The highest BCUT2D eigenvalue weighted by Gasteiger charge is 2.38. The minimum absolute atomic E-state index is 0.205. The number of rotatable bonds is 6. The first-order valence-electron chi connectivity index (χ1n) is 41.7. The van der Waals surface area contributed by atoms with Crippen LogP contribution in [0.3, 0.4) is 0 Å². The molecular formula is C99H81Cl2FN14O6. The maximum Gasteiger partial charge on any atom is 0.227 e. The number of pyridine rings is 6. The summed E-state index contributed by atoms with van der Waals surface area (Å²) < 4.78 is 13.9. The second-order valence-electron chi connectivity index (χ2n) is 32.5. The van der Waals surface area contributed by atoms with Gasteiger partial charge in [0, 0.05) is 186 Å². The number of amides is 6. The Morgan fingerprint density at radius 1 is 0.295 bits per heavy atom. The highest BCUT2D eigenvalue weighted by molar-refractivity contribution is 6.33. The van der Waals surface area contributed by atoms with E-state index in [0.29, 0.717) is 65.3 Å². The second-order valence-corrected chi connectivity index (χ2v) is 33.4. The smallest absolute Gasteiger partial charge is 0.227 e. The topological polar surface area (TPSA) is 247 Å². The quantitative estimate of drug-likeness (QED) is 0.150. The van der Waals surface area contributed by atoms with Crippen molar-refractivity contribution < 1.29 is 33.2 Å². The first-order valence-corrected chi connectivity index (χ1v) is 42.4. The van der Waals surface area contributed by atoms with E-state index in [0.717, 1.165) is 206 Å². The van der Waals surface area contributed by atoms with Crippen LogP contribution in [0.2, 0.25) is 10.0 Å². The van der Waals surface area contributed by atoms with E-state index in [2.05, 4.69) is 110 Å². The second kappa shape index (κ2) is 32.9. The maximum atomic E-state index is 13.9. The standard InChI is InChI=1S/2C17H13N3O.C17H16N2O.2C16H13ClN2O.C16H13FN2O/c18-9-13-3-5-19-10-15(13)14-7-11-1-2-16(21)20-6-4-12(8-14)17(11)20;18-8-11-5-15(10-19-9-11)14-6-12-1-2-16(21)20-4-3-13(7-14)17(12)20;1-11-4-6-18-10-15(11)14-8-12-2-3-16(20)19-7-5-13(9-14)17(12)19;17-14-3-5-18-9-13(14)12-7-10-1-2-15(20)19-6-4-11(8-12)16(10)19;17-14-7-13(8-18-9-14)12-5-10-1-2-15(20)19-4-3-11(6-12)16(10)19;17-14-3-5-18-9-13(14)12-7-10-1-2-15(20)19-6-4-11(8-12)16(10)19/h3,5,7-8,10H,1-2,4,6H2;5-7,9-10H,1-4H2;4,6,8-10H,2-3,5,7H2,1H3;3,5,7-9H,1-2,4,6H2;5-9H,1-4H2;3,5,7-9H,1-2,4,6H2. The molecule has 20 nitrogen and oxygen atoms in total. The van der Waals surface area contributed by atoms with Crippen LogP contribution in [0.1, 0.15) is 122 Å². The first-order chi connectivity index (χ1) is 59.5. The summed E-state index contributed by atoms with van der Waals surface area (Å²) in [6, 6.07) is 40.8. The van der Waals surface area contributed by atoms with Crippen molar-refractivity contribution in [3.05, 3.63) is 283 Å². The van der Waals surface area contributed by atoms with Crippen molar-refractivity contribution >= 4 is 92.8 Å². The Morgan fingerprint density at radius 3 is 0.959 bits per heavy atom. The maximum absolute atomic E-state index is 13.9. The van der Waals surface area contributed by atoms with Crippen LogP contribution in [-0.2, 0) is 106 Å². The van der Waals surface area contributed by atoms with E-state index >= 15 is 0 Å². The number of aromatic nitrogens is 6. The third kappa shape index (κ3) is 14.9. The van der Waals surface area contributed by atoms with Gasteiger partial charge in [-0.2, -0.15) is 10.5 Å². The molecule has 122 heavy (non-hydrogen) atoms. The molecule has 604 valence electrons. The molecule has 6 aromatic heterocycles. The Balaban J connectivity index is 0.0000000964. The molecule has 0 spiro atoms. The lowest BCUT2D eigenvalue weighted by molar-refractivity contribution is -0.119. The van der Waals surface area contributed by atoms with Gasteiger partial charge in [-0.1, -0.05) is 23.2 Å². The van der Waals surface area contributed by atoms with Crippen LogP contribution >= 0.6 is 23.2 Å². The monoisotopic (exact) mass is 1650 g/mol. The lowest BCUT2D eigenvalue weighted by Crippen LogP contribution is -2.32. The molecule has 0 N–H and O–H groups in total. The van der Waals surface area contributed by atoms with Crippen LogP contribution in [-0.4, -0.2) is 105 Å². The van der Waals surface area contributed by atoms with E-state index in [9.17, 15) is 38.4 Å². The van der Waals surface area contributed by atoms with Crippen molar-refractivity contribution in [2.24, 2.45) is 0 Å².